The summed E-state index contributed by atoms with van der Waals surface area (Å²) in [7, 11) is 1.66. The minimum Gasteiger partial charge on any atom is -0.497 e. The third-order valence-electron chi connectivity index (χ3n) is 3.14. The van der Waals surface area contributed by atoms with Gasteiger partial charge in [0.25, 0.3) is 0 Å². The number of nitrogens with zero attached hydrogens (tertiary/aromatic N) is 2. The van der Waals surface area contributed by atoms with E-state index in [2.05, 4.69) is 23.8 Å². The third-order valence-corrected chi connectivity index (χ3v) is 3.14. The Bertz CT molecular complexity index is 736. The number of hydrogen-bond acceptors (Lipinski definition) is 3. The van der Waals surface area contributed by atoms with Crippen molar-refractivity contribution in [1.29, 1.82) is 0 Å². The molecule has 1 aromatic heterocycles. The summed E-state index contributed by atoms with van der Waals surface area (Å²) in [5.41, 5.74) is 2.96. The van der Waals surface area contributed by atoms with Crippen molar-refractivity contribution in [2.24, 2.45) is 0 Å². The van der Waals surface area contributed by atoms with Gasteiger partial charge < -0.3 is 4.74 Å². The van der Waals surface area contributed by atoms with E-state index in [1.165, 1.54) is 6.42 Å². The van der Waals surface area contributed by atoms with E-state index >= 15 is 0 Å². The first-order chi connectivity index (χ1) is 10.7. The summed E-state index contributed by atoms with van der Waals surface area (Å²) in [4.78, 5) is 9.19. The van der Waals surface area contributed by atoms with E-state index in [-0.39, 0.29) is 0 Å². The number of aromatic nitrogens is 2. The van der Waals surface area contributed by atoms with Crippen LogP contribution in [0.4, 0.5) is 0 Å². The van der Waals surface area contributed by atoms with Crippen molar-refractivity contribution in [3.05, 3.63) is 54.2 Å². The molecule has 0 saturated heterocycles. The lowest BCUT2D eigenvalue weighted by Crippen LogP contribution is -1.94. The Balaban J connectivity index is 0.000000545. The van der Waals surface area contributed by atoms with Gasteiger partial charge in [-0.3, -0.25) is 0 Å². The maximum Gasteiger partial charge on any atom is 0.160 e. The van der Waals surface area contributed by atoms with E-state index in [0.717, 1.165) is 33.7 Å². The van der Waals surface area contributed by atoms with Crippen LogP contribution in [0.5, 0.6) is 5.75 Å². The predicted octanol–water partition coefficient (Wildman–Crippen LogP) is 5.03. The zero-order valence-corrected chi connectivity index (χ0v) is 13.6. The molecule has 0 fully saturated rings. The SMILES string of the molecule is CCC.COc1ccc(-c2nc(C)c3ccccc3n2)cc1. The number of para-hydroxylation sites is 1. The molecule has 0 N–H and O–H groups in total. The summed E-state index contributed by atoms with van der Waals surface area (Å²) in [6.45, 7) is 6.26. The second-order valence-electron chi connectivity index (χ2n) is 5.09. The maximum atomic E-state index is 5.16. The molecule has 0 atom stereocenters. The van der Waals surface area contributed by atoms with Gasteiger partial charge in [0.1, 0.15) is 5.75 Å². The molecule has 1 heterocycles. The van der Waals surface area contributed by atoms with Crippen molar-refractivity contribution in [2.75, 3.05) is 7.11 Å². The number of aryl methyl sites for hydroxylation is 1. The molecule has 0 bridgehead atoms. The van der Waals surface area contributed by atoms with Crippen molar-refractivity contribution in [1.82, 2.24) is 9.97 Å². The molecule has 0 aliphatic heterocycles. The van der Waals surface area contributed by atoms with E-state index in [0.29, 0.717) is 0 Å². The van der Waals surface area contributed by atoms with Gasteiger partial charge in [-0.2, -0.15) is 0 Å². The molecule has 3 nitrogen and oxygen atoms in total. The lowest BCUT2D eigenvalue weighted by Gasteiger charge is -2.06. The van der Waals surface area contributed by atoms with Crippen LogP contribution in [0.3, 0.4) is 0 Å². The molecule has 0 unspecified atom stereocenters. The minimum absolute atomic E-state index is 0.749. The van der Waals surface area contributed by atoms with Crippen LogP contribution in [0.2, 0.25) is 0 Å². The highest BCUT2D eigenvalue weighted by Gasteiger charge is 2.06. The van der Waals surface area contributed by atoms with Gasteiger partial charge in [-0.05, 0) is 37.3 Å². The second-order valence-corrected chi connectivity index (χ2v) is 5.09. The van der Waals surface area contributed by atoms with Gasteiger partial charge >= 0.3 is 0 Å². The average molecular weight is 294 g/mol. The number of hydrogen-bond donors (Lipinski definition) is 0. The Morgan fingerprint density at radius 1 is 0.909 bits per heavy atom. The summed E-state index contributed by atoms with van der Waals surface area (Å²) >= 11 is 0. The number of ether oxygens (including phenoxy) is 1. The Labute approximate surface area is 132 Å². The molecule has 2 aromatic carbocycles. The van der Waals surface area contributed by atoms with Gasteiger partial charge in [-0.1, -0.05) is 38.5 Å². The maximum absolute atomic E-state index is 5.16. The van der Waals surface area contributed by atoms with Crippen LogP contribution in [-0.2, 0) is 0 Å². The summed E-state index contributed by atoms with van der Waals surface area (Å²) in [5.74, 6) is 1.58. The number of rotatable bonds is 2. The van der Waals surface area contributed by atoms with E-state index in [4.69, 9.17) is 4.74 Å². The quantitative estimate of drug-likeness (QED) is 0.665. The van der Waals surface area contributed by atoms with Crippen molar-refractivity contribution in [2.45, 2.75) is 27.2 Å². The Hall–Kier alpha value is -2.42. The fraction of sp³-hybridized carbons (Fsp3) is 0.263. The monoisotopic (exact) mass is 294 g/mol. The highest BCUT2D eigenvalue weighted by molar-refractivity contribution is 5.82. The summed E-state index contributed by atoms with van der Waals surface area (Å²) in [5, 5.41) is 1.10. The minimum atomic E-state index is 0.749. The van der Waals surface area contributed by atoms with Crippen LogP contribution >= 0.6 is 0 Å². The average Bonchev–Trinajstić information content (AvgIpc) is 2.56. The lowest BCUT2D eigenvalue weighted by atomic mass is 10.1. The van der Waals surface area contributed by atoms with Crippen LogP contribution in [-0.4, -0.2) is 17.1 Å². The topological polar surface area (TPSA) is 35.0 Å². The van der Waals surface area contributed by atoms with Gasteiger partial charge in [-0.25, -0.2) is 9.97 Å². The zero-order chi connectivity index (χ0) is 15.9. The molecule has 0 aliphatic rings. The van der Waals surface area contributed by atoms with Crippen molar-refractivity contribution >= 4 is 10.9 Å². The molecular formula is C19H22N2O. The molecule has 0 aliphatic carbocycles. The molecule has 114 valence electrons. The van der Waals surface area contributed by atoms with Gasteiger partial charge in [0.05, 0.1) is 12.6 Å². The zero-order valence-electron chi connectivity index (χ0n) is 13.6. The van der Waals surface area contributed by atoms with E-state index in [1.807, 2.05) is 55.5 Å². The predicted molar refractivity (Wildman–Crippen MR) is 92.2 cm³/mol. The van der Waals surface area contributed by atoms with Crippen LogP contribution in [0.25, 0.3) is 22.3 Å². The Morgan fingerprint density at radius 3 is 2.18 bits per heavy atom. The highest BCUT2D eigenvalue weighted by Crippen LogP contribution is 2.22. The molecule has 22 heavy (non-hydrogen) atoms. The van der Waals surface area contributed by atoms with Crippen molar-refractivity contribution < 1.29 is 4.74 Å². The van der Waals surface area contributed by atoms with Crippen molar-refractivity contribution in [3.8, 4) is 17.1 Å². The fourth-order valence-electron chi connectivity index (χ4n) is 2.10. The molecule has 0 spiro atoms. The second kappa shape index (κ2) is 7.55. The standard InChI is InChI=1S/C16H14N2O.C3H8/c1-11-14-5-3-4-6-15(14)18-16(17-11)12-7-9-13(19-2)10-8-12;1-3-2/h3-10H,1-2H3;3H2,1-2H3. The van der Waals surface area contributed by atoms with Gasteiger partial charge in [0.15, 0.2) is 5.82 Å². The number of fused-ring (bicyclic) bond motifs is 1. The van der Waals surface area contributed by atoms with Crippen LogP contribution in [0, 0.1) is 6.92 Å². The largest absolute Gasteiger partial charge is 0.497 e. The summed E-state index contributed by atoms with van der Waals surface area (Å²) in [6.07, 6.45) is 1.25. The van der Waals surface area contributed by atoms with Crippen LogP contribution in [0.15, 0.2) is 48.5 Å². The summed E-state index contributed by atoms with van der Waals surface area (Å²) in [6, 6.07) is 15.8. The Kier molecular flexibility index (Phi) is 5.48. The molecule has 0 radical (unpaired) electrons. The molecule has 0 saturated carbocycles. The lowest BCUT2D eigenvalue weighted by molar-refractivity contribution is 0.415. The van der Waals surface area contributed by atoms with E-state index in [9.17, 15) is 0 Å². The first-order valence-corrected chi connectivity index (χ1v) is 7.57. The van der Waals surface area contributed by atoms with Gasteiger partial charge in [-0.15, -0.1) is 0 Å². The molecule has 3 aromatic rings. The van der Waals surface area contributed by atoms with Gasteiger partial charge in [0.2, 0.25) is 0 Å². The van der Waals surface area contributed by atoms with Crippen molar-refractivity contribution in [3.63, 3.8) is 0 Å². The summed E-state index contributed by atoms with van der Waals surface area (Å²) < 4.78 is 5.16. The third kappa shape index (κ3) is 3.61. The smallest absolute Gasteiger partial charge is 0.160 e. The first kappa shape index (κ1) is 16.0. The van der Waals surface area contributed by atoms with Crippen LogP contribution < -0.4 is 4.74 Å². The molecule has 0 amide bonds. The molecule has 3 rings (SSSR count). The number of benzene rings is 2. The fourth-order valence-corrected chi connectivity index (χ4v) is 2.10. The van der Waals surface area contributed by atoms with E-state index in [1.54, 1.807) is 7.11 Å². The highest BCUT2D eigenvalue weighted by atomic mass is 16.5. The van der Waals surface area contributed by atoms with Gasteiger partial charge in [0, 0.05) is 16.6 Å². The van der Waals surface area contributed by atoms with Crippen LogP contribution in [0.1, 0.15) is 26.0 Å². The number of methoxy groups -OCH3 is 1. The first-order valence-electron chi connectivity index (χ1n) is 7.57. The molecule has 3 heteroatoms. The Morgan fingerprint density at radius 2 is 1.55 bits per heavy atom. The normalized spacial score (nSPS) is 10.0. The van der Waals surface area contributed by atoms with E-state index < -0.39 is 0 Å². The molecular weight excluding hydrogens is 272 g/mol.